The summed E-state index contributed by atoms with van der Waals surface area (Å²) in [5.74, 6) is 0.288. The van der Waals surface area contributed by atoms with Crippen LogP contribution in [-0.4, -0.2) is 96.1 Å². The van der Waals surface area contributed by atoms with Crippen molar-refractivity contribution in [3.8, 4) is 0 Å². The van der Waals surface area contributed by atoms with Crippen LogP contribution in [0.5, 0.6) is 0 Å². The maximum atomic E-state index is 13.4. The van der Waals surface area contributed by atoms with Crippen molar-refractivity contribution >= 4 is 41.2 Å². The number of piperidine rings is 1. The van der Waals surface area contributed by atoms with Gasteiger partial charge in [-0.3, -0.25) is 24.7 Å². The highest BCUT2D eigenvalue weighted by Gasteiger charge is 2.39. The summed E-state index contributed by atoms with van der Waals surface area (Å²) < 4.78 is 0. The number of benzene rings is 1. The SMILES string of the molecule is O=C1CCN(c2cc(C(=O)N3CCC4(CCC(CN5CCN(C(=O)O)CC5)CC4)CC3)ccc2Cl)C(=O)N1. The van der Waals surface area contributed by atoms with E-state index in [0.717, 1.165) is 45.6 Å². The van der Waals surface area contributed by atoms with E-state index in [9.17, 15) is 19.2 Å². The van der Waals surface area contributed by atoms with Crippen molar-refractivity contribution in [2.75, 3.05) is 57.3 Å². The molecule has 5 amide bonds. The molecular formula is C27H36ClN5O5. The lowest BCUT2D eigenvalue weighted by molar-refractivity contribution is -0.120. The van der Waals surface area contributed by atoms with Crippen LogP contribution >= 0.6 is 11.6 Å². The minimum Gasteiger partial charge on any atom is -0.465 e. The first kappa shape index (κ1) is 26.7. The fraction of sp³-hybridized carbons (Fsp3) is 0.630. The van der Waals surface area contributed by atoms with E-state index >= 15 is 0 Å². The van der Waals surface area contributed by atoms with Gasteiger partial charge < -0.3 is 14.9 Å². The van der Waals surface area contributed by atoms with Crippen LogP contribution in [0.15, 0.2) is 18.2 Å². The quantitative estimate of drug-likeness (QED) is 0.599. The third-order valence-electron chi connectivity index (χ3n) is 8.97. The molecular weight excluding hydrogens is 510 g/mol. The molecule has 1 spiro atoms. The third-order valence-corrected chi connectivity index (χ3v) is 9.29. The second-order valence-corrected chi connectivity index (χ2v) is 11.6. The number of carboxylic acid groups (broad SMARTS) is 1. The van der Waals surface area contributed by atoms with Crippen molar-refractivity contribution in [2.24, 2.45) is 11.3 Å². The summed E-state index contributed by atoms with van der Waals surface area (Å²) in [6.45, 7) is 5.54. The van der Waals surface area contributed by atoms with Crippen molar-refractivity contribution in [2.45, 2.75) is 44.9 Å². The number of likely N-dealkylation sites (tertiary alicyclic amines) is 1. The van der Waals surface area contributed by atoms with E-state index in [-0.39, 0.29) is 24.8 Å². The number of imide groups is 1. The number of urea groups is 1. The fourth-order valence-electron chi connectivity index (χ4n) is 6.47. The first-order valence-electron chi connectivity index (χ1n) is 13.6. The van der Waals surface area contributed by atoms with Crippen LogP contribution < -0.4 is 10.2 Å². The Hall–Kier alpha value is -2.85. The number of halogens is 1. The van der Waals surface area contributed by atoms with Gasteiger partial charge in [0, 0.05) is 64.3 Å². The summed E-state index contributed by atoms with van der Waals surface area (Å²) in [4.78, 5) is 55.5. The van der Waals surface area contributed by atoms with E-state index < -0.39 is 12.1 Å². The first-order chi connectivity index (χ1) is 18.2. The predicted octanol–water partition coefficient (Wildman–Crippen LogP) is 3.49. The van der Waals surface area contributed by atoms with Gasteiger partial charge in [-0.1, -0.05) is 11.6 Å². The molecule has 206 valence electrons. The summed E-state index contributed by atoms with van der Waals surface area (Å²) in [5.41, 5.74) is 1.24. The van der Waals surface area contributed by atoms with Crippen LogP contribution in [-0.2, 0) is 4.79 Å². The molecule has 1 aromatic rings. The minimum atomic E-state index is -0.822. The van der Waals surface area contributed by atoms with E-state index in [1.165, 1.54) is 35.5 Å². The van der Waals surface area contributed by atoms with Crippen LogP contribution in [0.25, 0.3) is 0 Å². The van der Waals surface area contributed by atoms with Gasteiger partial charge in [-0.15, -0.1) is 0 Å². The molecule has 1 aromatic carbocycles. The number of nitrogens with one attached hydrogen (secondary N) is 1. The molecule has 3 heterocycles. The second kappa shape index (κ2) is 11.1. The van der Waals surface area contributed by atoms with E-state index in [4.69, 9.17) is 16.7 Å². The van der Waals surface area contributed by atoms with Gasteiger partial charge in [0.25, 0.3) is 5.91 Å². The Balaban J connectivity index is 1.12. The van der Waals surface area contributed by atoms with Gasteiger partial charge in [-0.25, -0.2) is 9.59 Å². The number of amides is 5. The third kappa shape index (κ3) is 5.76. The molecule has 1 saturated carbocycles. The van der Waals surface area contributed by atoms with E-state index in [0.29, 0.717) is 40.7 Å². The van der Waals surface area contributed by atoms with Crippen molar-refractivity contribution in [3.05, 3.63) is 28.8 Å². The molecule has 11 heteroatoms. The molecule has 0 unspecified atom stereocenters. The summed E-state index contributed by atoms with van der Waals surface area (Å²) in [6, 6.07) is 4.48. The van der Waals surface area contributed by atoms with Gasteiger partial charge in [0.2, 0.25) is 5.91 Å². The first-order valence-corrected chi connectivity index (χ1v) is 14.0. The molecule has 4 fully saturated rings. The Morgan fingerprint density at radius 3 is 2.26 bits per heavy atom. The number of hydrogen-bond donors (Lipinski definition) is 2. The van der Waals surface area contributed by atoms with Gasteiger partial charge in [0.15, 0.2) is 0 Å². The maximum absolute atomic E-state index is 13.4. The monoisotopic (exact) mass is 545 g/mol. The zero-order valence-electron chi connectivity index (χ0n) is 21.7. The van der Waals surface area contributed by atoms with Crippen LogP contribution in [0.3, 0.4) is 0 Å². The molecule has 10 nitrogen and oxygen atoms in total. The van der Waals surface area contributed by atoms with Gasteiger partial charge in [-0.2, -0.15) is 0 Å². The second-order valence-electron chi connectivity index (χ2n) is 11.2. The lowest BCUT2D eigenvalue weighted by Gasteiger charge is -2.47. The molecule has 2 N–H and O–H groups in total. The molecule has 38 heavy (non-hydrogen) atoms. The van der Waals surface area contributed by atoms with Crippen LogP contribution in [0.1, 0.15) is 55.3 Å². The average molecular weight is 546 g/mol. The number of carbonyl (C=O) groups excluding carboxylic acids is 3. The fourth-order valence-corrected chi connectivity index (χ4v) is 6.69. The van der Waals surface area contributed by atoms with E-state index in [2.05, 4.69) is 10.2 Å². The van der Waals surface area contributed by atoms with Gasteiger partial charge in [-0.05, 0) is 68.1 Å². The molecule has 0 bridgehead atoms. The normalized spacial score (nSPS) is 23.0. The molecule has 3 aliphatic heterocycles. The number of anilines is 1. The number of carbonyl (C=O) groups is 4. The van der Waals surface area contributed by atoms with Crippen molar-refractivity contribution in [3.63, 3.8) is 0 Å². The molecule has 3 saturated heterocycles. The number of rotatable bonds is 4. The van der Waals surface area contributed by atoms with Gasteiger partial charge in [0.1, 0.15) is 0 Å². The molecule has 1 aliphatic carbocycles. The smallest absolute Gasteiger partial charge is 0.407 e. The van der Waals surface area contributed by atoms with Crippen LogP contribution in [0, 0.1) is 11.3 Å². The number of piperazine rings is 1. The predicted molar refractivity (Wildman–Crippen MR) is 143 cm³/mol. The Bertz CT molecular complexity index is 1090. The molecule has 0 atom stereocenters. The Morgan fingerprint density at radius 2 is 1.63 bits per heavy atom. The van der Waals surface area contributed by atoms with Crippen molar-refractivity contribution in [1.82, 2.24) is 20.0 Å². The Labute approximate surface area is 227 Å². The molecule has 0 radical (unpaired) electrons. The molecule has 0 aromatic heterocycles. The van der Waals surface area contributed by atoms with Gasteiger partial charge >= 0.3 is 12.1 Å². The summed E-state index contributed by atoms with van der Waals surface area (Å²) in [7, 11) is 0. The molecule has 4 aliphatic rings. The van der Waals surface area contributed by atoms with Crippen molar-refractivity contribution < 1.29 is 24.3 Å². The average Bonchev–Trinajstić information content (AvgIpc) is 2.91. The lowest BCUT2D eigenvalue weighted by Crippen LogP contribution is -2.50. The van der Waals surface area contributed by atoms with E-state index in [1.54, 1.807) is 18.2 Å². The largest absolute Gasteiger partial charge is 0.465 e. The zero-order valence-corrected chi connectivity index (χ0v) is 22.4. The Kier molecular flexibility index (Phi) is 7.81. The van der Waals surface area contributed by atoms with Crippen LogP contribution in [0.2, 0.25) is 5.02 Å². The standard InChI is InChI=1S/C27H36ClN5O5/c28-21-2-1-20(17-22(21)33-10-5-23(34)29-25(33)36)24(35)31-11-8-27(9-12-31)6-3-19(4-7-27)18-30-13-15-32(16-14-30)26(37)38/h1-2,17,19H,3-16,18H2,(H,37,38)(H,29,34,36). The lowest BCUT2D eigenvalue weighted by atomic mass is 9.65. The van der Waals surface area contributed by atoms with Gasteiger partial charge in [0.05, 0.1) is 10.7 Å². The van der Waals surface area contributed by atoms with Crippen LogP contribution in [0.4, 0.5) is 15.3 Å². The Morgan fingerprint density at radius 1 is 0.947 bits per heavy atom. The van der Waals surface area contributed by atoms with Crippen molar-refractivity contribution in [1.29, 1.82) is 0 Å². The number of hydrogen-bond acceptors (Lipinski definition) is 5. The number of nitrogens with zero attached hydrogens (tertiary/aromatic N) is 4. The molecule has 5 rings (SSSR count). The minimum absolute atomic E-state index is 0.0551. The highest BCUT2D eigenvalue weighted by atomic mass is 35.5. The van der Waals surface area contributed by atoms with E-state index in [1.807, 2.05) is 4.90 Å². The topological polar surface area (TPSA) is 114 Å². The highest BCUT2D eigenvalue weighted by molar-refractivity contribution is 6.34. The zero-order chi connectivity index (χ0) is 26.9. The highest BCUT2D eigenvalue weighted by Crippen LogP contribution is 2.46. The summed E-state index contributed by atoms with van der Waals surface area (Å²) in [6.07, 6.45) is 6.11. The summed E-state index contributed by atoms with van der Waals surface area (Å²) >= 11 is 6.35. The summed E-state index contributed by atoms with van der Waals surface area (Å²) in [5, 5.41) is 11.8. The maximum Gasteiger partial charge on any atom is 0.407 e.